The fourth-order valence-corrected chi connectivity index (χ4v) is 2.90. The molecule has 0 unspecified atom stereocenters. The first-order valence-electron chi connectivity index (χ1n) is 8.84. The first-order valence-corrected chi connectivity index (χ1v) is 8.84. The summed E-state index contributed by atoms with van der Waals surface area (Å²) >= 11 is 0. The van der Waals surface area contributed by atoms with Crippen LogP contribution in [0.4, 0.5) is 10.1 Å². The lowest BCUT2D eigenvalue weighted by atomic mass is 10.1. The molecule has 3 rings (SSSR count). The minimum absolute atomic E-state index is 0.0995. The summed E-state index contributed by atoms with van der Waals surface area (Å²) in [7, 11) is 0. The highest BCUT2D eigenvalue weighted by Crippen LogP contribution is 2.25. The van der Waals surface area contributed by atoms with Gasteiger partial charge in [-0.15, -0.1) is 0 Å². The van der Waals surface area contributed by atoms with E-state index in [0.29, 0.717) is 30.0 Å². The molecule has 0 saturated carbocycles. The van der Waals surface area contributed by atoms with Crippen LogP contribution in [-0.4, -0.2) is 38.6 Å². The van der Waals surface area contributed by atoms with Gasteiger partial charge < -0.3 is 4.90 Å². The number of nitro benzene ring substituents is 1. The van der Waals surface area contributed by atoms with Crippen LogP contribution in [0.5, 0.6) is 0 Å². The number of amides is 1. The van der Waals surface area contributed by atoms with Crippen LogP contribution in [-0.2, 0) is 0 Å². The summed E-state index contributed by atoms with van der Waals surface area (Å²) in [4.78, 5) is 25.3. The zero-order valence-electron chi connectivity index (χ0n) is 15.5. The summed E-state index contributed by atoms with van der Waals surface area (Å²) < 4.78 is 14.6. The van der Waals surface area contributed by atoms with Crippen LogP contribution in [0.1, 0.15) is 24.3 Å². The molecule has 1 amide bonds. The molecule has 1 aromatic heterocycles. The number of hydrogen-bond acceptors (Lipinski definition) is 4. The normalized spacial score (nSPS) is 10.7. The third-order valence-corrected chi connectivity index (χ3v) is 4.40. The maximum Gasteiger partial charge on any atom is 0.272 e. The molecule has 0 aliphatic carbocycles. The van der Waals surface area contributed by atoms with Gasteiger partial charge in [-0.1, -0.05) is 6.07 Å². The van der Waals surface area contributed by atoms with Crippen molar-refractivity contribution < 1.29 is 14.1 Å². The number of non-ortho nitro benzene ring substituents is 1. The molecule has 0 saturated heterocycles. The predicted molar refractivity (Wildman–Crippen MR) is 103 cm³/mol. The van der Waals surface area contributed by atoms with Crippen LogP contribution < -0.4 is 0 Å². The van der Waals surface area contributed by atoms with E-state index in [-0.39, 0.29) is 23.1 Å². The monoisotopic (exact) mass is 382 g/mol. The highest BCUT2D eigenvalue weighted by molar-refractivity contribution is 5.94. The molecule has 1 heterocycles. The third kappa shape index (κ3) is 3.75. The number of nitro groups is 1. The Bertz CT molecular complexity index is 1010. The van der Waals surface area contributed by atoms with Crippen molar-refractivity contribution >= 4 is 11.6 Å². The van der Waals surface area contributed by atoms with Gasteiger partial charge in [0.05, 0.1) is 16.3 Å². The quantitative estimate of drug-likeness (QED) is 0.475. The summed E-state index contributed by atoms with van der Waals surface area (Å²) in [6.07, 6.45) is 0. The van der Waals surface area contributed by atoms with Gasteiger partial charge in [-0.05, 0) is 50.2 Å². The molecule has 0 fully saturated rings. The van der Waals surface area contributed by atoms with Crippen molar-refractivity contribution in [3.63, 3.8) is 0 Å². The van der Waals surface area contributed by atoms with Crippen LogP contribution >= 0.6 is 0 Å². The van der Waals surface area contributed by atoms with Crippen LogP contribution in [0, 0.1) is 15.9 Å². The third-order valence-electron chi connectivity index (χ3n) is 4.40. The average molecular weight is 382 g/mol. The molecule has 0 radical (unpaired) electrons. The molecule has 144 valence electrons. The molecular weight excluding hydrogens is 363 g/mol. The summed E-state index contributed by atoms with van der Waals surface area (Å²) in [6, 6.07) is 13.3. The lowest BCUT2D eigenvalue weighted by Crippen LogP contribution is -2.32. The SMILES string of the molecule is CCN(CC)C(=O)c1cc(-c2ccc(F)cc2)nn1-c1cccc([N+](=O)[O-])c1. The molecule has 0 atom stereocenters. The standard InChI is InChI=1S/C20H19FN4O3/c1-3-23(4-2)20(26)19-13-18(14-8-10-15(21)11-9-14)22-24(19)16-6-5-7-17(12-16)25(27)28/h5-13H,3-4H2,1-2H3. The van der Waals surface area contributed by atoms with Crippen molar-refractivity contribution in [2.45, 2.75) is 13.8 Å². The molecule has 2 aromatic carbocycles. The molecule has 7 nitrogen and oxygen atoms in total. The molecule has 8 heteroatoms. The number of halogens is 1. The number of hydrogen-bond donors (Lipinski definition) is 0. The number of aromatic nitrogens is 2. The van der Waals surface area contributed by atoms with Crippen molar-refractivity contribution in [1.82, 2.24) is 14.7 Å². The maximum atomic E-state index is 13.2. The molecule has 0 spiro atoms. The van der Waals surface area contributed by atoms with Crippen LogP contribution in [0.3, 0.4) is 0 Å². The van der Waals surface area contributed by atoms with Crippen LogP contribution in [0.2, 0.25) is 0 Å². The Hall–Kier alpha value is -3.55. The predicted octanol–water partition coefficient (Wildman–Crippen LogP) is 4.07. The molecular formula is C20H19FN4O3. The van der Waals surface area contributed by atoms with E-state index in [1.807, 2.05) is 13.8 Å². The minimum atomic E-state index is -0.500. The molecule has 0 bridgehead atoms. The second-order valence-electron chi connectivity index (χ2n) is 6.09. The summed E-state index contributed by atoms with van der Waals surface area (Å²) in [6.45, 7) is 4.77. The summed E-state index contributed by atoms with van der Waals surface area (Å²) in [5.74, 6) is -0.612. The summed E-state index contributed by atoms with van der Waals surface area (Å²) in [5, 5.41) is 15.6. The van der Waals surface area contributed by atoms with E-state index in [2.05, 4.69) is 5.10 Å². The fourth-order valence-electron chi connectivity index (χ4n) is 2.90. The van der Waals surface area contributed by atoms with E-state index in [1.165, 1.54) is 28.9 Å². The van der Waals surface area contributed by atoms with Crippen molar-refractivity contribution in [2.75, 3.05) is 13.1 Å². The molecule has 0 aliphatic rings. The van der Waals surface area contributed by atoms with Crippen LogP contribution in [0.25, 0.3) is 16.9 Å². The zero-order valence-corrected chi connectivity index (χ0v) is 15.5. The minimum Gasteiger partial charge on any atom is -0.338 e. The first-order chi connectivity index (χ1) is 13.4. The van der Waals surface area contributed by atoms with E-state index in [9.17, 15) is 19.3 Å². The second kappa shape index (κ2) is 7.99. The molecule has 28 heavy (non-hydrogen) atoms. The number of carbonyl (C=O) groups excluding carboxylic acids is 1. The largest absolute Gasteiger partial charge is 0.338 e. The highest BCUT2D eigenvalue weighted by atomic mass is 19.1. The Morgan fingerprint density at radius 1 is 1.14 bits per heavy atom. The molecule has 3 aromatic rings. The number of rotatable bonds is 6. The second-order valence-corrected chi connectivity index (χ2v) is 6.09. The number of benzene rings is 2. The Kier molecular flexibility index (Phi) is 5.49. The number of nitrogens with zero attached hydrogens (tertiary/aromatic N) is 4. The van der Waals surface area contributed by atoms with Gasteiger partial charge in [-0.3, -0.25) is 14.9 Å². The van der Waals surface area contributed by atoms with E-state index in [4.69, 9.17) is 0 Å². The van der Waals surface area contributed by atoms with E-state index in [0.717, 1.165) is 0 Å². The Morgan fingerprint density at radius 2 is 1.82 bits per heavy atom. The zero-order chi connectivity index (χ0) is 20.3. The first kappa shape index (κ1) is 19.2. The highest BCUT2D eigenvalue weighted by Gasteiger charge is 2.22. The van der Waals surface area contributed by atoms with Gasteiger partial charge in [-0.25, -0.2) is 9.07 Å². The Balaban J connectivity index is 2.16. The van der Waals surface area contributed by atoms with E-state index >= 15 is 0 Å². The molecule has 0 N–H and O–H groups in total. The fraction of sp³-hybridized carbons (Fsp3) is 0.200. The van der Waals surface area contributed by atoms with Gasteiger partial charge >= 0.3 is 0 Å². The van der Waals surface area contributed by atoms with Gasteiger partial charge in [0.1, 0.15) is 11.5 Å². The number of carbonyl (C=O) groups is 1. The van der Waals surface area contributed by atoms with Crippen molar-refractivity contribution in [3.8, 4) is 16.9 Å². The van der Waals surface area contributed by atoms with Crippen molar-refractivity contribution in [2.24, 2.45) is 0 Å². The van der Waals surface area contributed by atoms with Crippen LogP contribution in [0.15, 0.2) is 54.6 Å². The van der Waals surface area contributed by atoms with E-state index < -0.39 is 4.92 Å². The lowest BCUT2D eigenvalue weighted by molar-refractivity contribution is -0.384. The Morgan fingerprint density at radius 3 is 2.43 bits per heavy atom. The van der Waals surface area contributed by atoms with Gasteiger partial charge in [0.25, 0.3) is 11.6 Å². The van der Waals surface area contributed by atoms with Gasteiger partial charge in [0.2, 0.25) is 0 Å². The van der Waals surface area contributed by atoms with Gasteiger partial charge in [-0.2, -0.15) is 5.10 Å². The van der Waals surface area contributed by atoms with E-state index in [1.54, 1.807) is 35.2 Å². The summed E-state index contributed by atoms with van der Waals surface area (Å²) in [5.41, 5.74) is 1.69. The average Bonchev–Trinajstić information content (AvgIpc) is 3.15. The Labute approximate surface area is 161 Å². The van der Waals surface area contributed by atoms with Crippen molar-refractivity contribution in [3.05, 3.63) is 76.2 Å². The topological polar surface area (TPSA) is 81.3 Å². The van der Waals surface area contributed by atoms with Gasteiger partial charge in [0, 0.05) is 30.8 Å². The smallest absolute Gasteiger partial charge is 0.272 e. The maximum absolute atomic E-state index is 13.2. The molecule has 0 aliphatic heterocycles. The lowest BCUT2D eigenvalue weighted by Gasteiger charge is -2.19. The van der Waals surface area contributed by atoms with Gasteiger partial charge in [0.15, 0.2) is 0 Å². The van der Waals surface area contributed by atoms with Crippen molar-refractivity contribution in [1.29, 1.82) is 0 Å².